The van der Waals surface area contributed by atoms with Crippen LogP contribution in [0.3, 0.4) is 0 Å². The van der Waals surface area contributed by atoms with Crippen LogP contribution in [0, 0.1) is 11.7 Å². The Morgan fingerprint density at radius 1 is 1.42 bits per heavy atom. The third kappa shape index (κ3) is 5.04. The van der Waals surface area contributed by atoms with Gasteiger partial charge in [0.15, 0.2) is 0 Å². The quantitative estimate of drug-likeness (QED) is 0.564. The summed E-state index contributed by atoms with van der Waals surface area (Å²) >= 11 is 0. The van der Waals surface area contributed by atoms with Crippen molar-refractivity contribution in [2.45, 2.75) is 20.5 Å². The van der Waals surface area contributed by atoms with Crippen LogP contribution in [0.15, 0.2) is 54.7 Å². The van der Waals surface area contributed by atoms with Gasteiger partial charge in [-0.25, -0.2) is 8.78 Å². The van der Waals surface area contributed by atoms with Crippen LogP contribution in [0.5, 0.6) is 0 Å². The first kappa shape index (κ1) is 15.1. The number of pyridine rings is 1. The number of nitrogens with zero attached hydrogens (tertiary/aromatic N) is 1. The highest BCUT2D eigenvalue weighted by Crippen LogP contribution is 2.21. The van der Waals surface area contributed by atoms with Crippen molar-refractivity contribution in [2.24, 2.45) is 5.92 Å². The summed E-state index contributed by atoms with van der Waals surface area (Å²) < 4.78 is 31.1. The highest BCUT2D eigenvalue weighted by molar-refractivity contribution is 5.29. The maximum absolute atomic E-state index is 12.9. The molecule has 0 unspecified atom stereocenters. The Balaban J connectivity index is 2.76. The lowest BCUT2D eigenvalue weighted by Gasteiger charge is -2.15. The Morgan fingerprint density at radius 3 is 2.58 bits per heavy atom. The van der Waals surface area contributed by atoms with E-state index in [9.17, 15) is 8.78 Å². The zero-order chi connectivity index (χ0) is 14.4. The molecule has 102 valence electrons. The van der Waals surface area contributed by atoms with E-state index >= 15 is 0 Å². The van der Waals surface area contributed by atoms with Crippen molar-refractivity contribution < 1.29 is 13.5 Å². The first-order valence-electron chi connectivity index (χ1n) is 5.88. The van der Waals surface area contributed by atoms with Crippen molar-refractivity contribution in [3.05, 3.63) is 66.2 Å². The normalized spacial score (nSPS) is 11.5. The van der Waals surface area contributed by atoms with Crippen LogP contribution in [0.4, 0.5) is 8.78 Å². The van der Waals surface area contributed by atoms with Crippen LogP contribution < -0.4 is 0 Å². The van der Waals surface area contributed by atoms with E-state index in [1.165, 1.54) is 18.2 Å². The van der Waals surface area contributed by atoms with Gasteiger partial charge in [-0.2, -0.15) is 0 Å². The molecule has 0 radical (unpaired) electrons. The van der Waals surface area contributed by atoms with Gasteiger partial charge in [-0.3, -0.25) is 4.98 Å². The summed E-state index contributed by atoms with van der Waals surface area (Å²) in [6.07, 6.45) is 2.29. The number of allylic oxidation sites excluding steroid dienone is 3. The molecule has 0 saturated carbocycles. The van der Waals surface area contributed by atoms with Crippen LogP contribution in [0.2, 0.25) is 0 Å². The number of ether oxygens (including phenoxy) is 1. The Bertz CT molecular complexity index is 489. The Kier molecular flexibility index (Phi) is 5.42. The maximum atomic E-state index is 12.9. The van der Waals surface area contributed by atoms with Gasteiger partial charge in [0, 0.05) is 6.08 Å². The molecule has 19 heavy (non-hydrogen) atoms. The van der Waals surface area contributed by atoms with Gasteiger partial charge in [-0.15, -0.1) is 0 Å². The highest BCUT2D eigenvalue weighted by atomic mass is 19.1. The smallest absolute Gasteiger partial charge is 0.141 e. The van der Waals surface area contributed by atoms with E-state index in [1.54, 1.807) is 0 Å². The fourth-order valence-corrected chi connectivity index (χ4v) is 1.30. The molecule has 1 heterocycles. The molecule has 1 aromatic rings. The molecule has 2 nitrogen and oxygen atoms in total. The van der Waals surface area contributed by atoms with Crippen LogP contribution >= 0.6 is 0 Å². The van der Waals surface area contributed by atoms with Crippen molar-refractivity contribution in [3.8, 4) is 0 Å². The number of halogens is 2. The van der Waals surface area contributed by atoms with Crippen LogP contribution in [-0.4, -0.2) is 4.98 Å². The molecule has 4 heteroatoms. The van der Waals surface area contributed by atoms with Crippen molar-refractivity contribution in [2.75, 3.05) is 0 Å². The van der Waals surface area contributed by atoms with Gasteiger partial charge in [-0.05, 0) is 23.6 Å². The van der Waals surface area contributed by atoms with Gasteiger partial charge >= 0.3 is 0 Å². The summed E-state index contributed by atoms with van der Waals surface area (Å²) in [7, 11) is 0. The molecule has 0 spiro atoms. The van der Waals surface area contributed by atoms with Crippen LogP contribution in [0.1, 0.15) is 19.5 Å². The molecule has 0 aliphatic carbocycles. The fourth-order valence-electron chi connectivity index (χ4n) is 1.30. The first-order chi connectivity index (χ1) is 8.90. The summed E-state index contributed by atoms with van der Waals surface area (Å²) in [6.45, 7) is 11.0. The Hall–Kier alpha value is -1.97. The van der Waals surface area contributed by atoms with Gasteiger partial charge in [0.2, 0.25) is 0 Å². The monoisotopic (exact) mass is 265 g/mol. The largest absolute Gasteiger partial charge is 0.487 e. The van der Waals surface area contributed by atoms with E-state index in [0.717, 1.165) is 6.20 Å². The Labute approximate surface area is 112 Å². The fraction of sp³-hybridized carbons (Fsp3) is 0.267. The molecule has 0 N–H and O–H groups in total. The standard InChI is InChI=1S/C15H17F2NO/c1-10(2)12(4)15(7-11(3)16)19-9-14-6-5-13(17)8-18-14/h5-8,10H,3-4,9H2,1-2H3/b15-7+. The second-order valence-corrected chi connectivity index (χ2v) is 4.39. The average Bonchev–Trinajstić information content (AvgIpc) is 2.35. The van der Waals surface area contributed by atoms with E-state index in [1.807, 2.05) is 13.8 Å². The molecule has 1 rings (SSSR count). The van der Waals surface area contributed by atoms with Crippen molar-refractivity contribution >= 4 is 0 Å². The second-order valence-electron chi connectivity index (χ2n) is 4.39. The molecule has 0 aliphatic heterocycles. The van der Waals surface area contributed by atoms with Crippen molar-refractivity contribution in [1.29, 1.82) is 0 Å². The van der Waals surface area contributed by atoms with E-state index in [2.05, 4.69) is 18.1 Å². The number of hydrogen-bond donors (Lipinski definition) is 0. The molecule has 0 aliphatic rings. The number of aromatic nitrogens is 1. The average molecular weight is 265 g/mol. The molecule has 0 bridgehead atoms. The third-order valence-corrected chi connectivity index (χ3v) is 2.47. The van der Waals surface area contributed by atoms with Crippen molar-refractivity contribution in [3.63, 3.8) is 0 Å². The lowest BCUT2D eigenvalue weighted by atomic mass is 10.0. The maximum Gasteiger partial charge on any atom is 0.141 e. The zero-order valence-corrected chi connectivity index (χ0v) is 11.1. The first-order valence-corrected chi connectivity index (χ1v) is 5.88. The minimum absolute atomic E-state index is 0.116. The zero-order valence-electron chi connectivity index (χ0n) is 11.1. The van der Waals surface area contributed by atoms with Gasteiger partial charge in [0.25, 0.3) is 0 Å². The molecule has 0 atom stereocenters. The summed E-state index contributed by atoms with van der Waals surface area (Å²) in [5.41, 5.74) is 1.22. The summed E-state index contributed by atoms with van der Waals surface area (Å²) in [6, 6.07) is 2.80. The Morgan fingerprint density at radius 2 is 2.11 bits per heavy atom. The minimum atomic E-state index is -0.608. The lowest BCUT2D eigenvalue weighted by Crippen LogP contribution is -2.03. The molecule has 1 aromatic heterocycles. The highest BCUT2D eigenvalue weighted by Gasteiger charge is 2.10. The molecule has 0 fully saturated rings. The molecular weight excluding hydrogens is 248 g/mol. The predicted octanol–water partition coefficient (Wildman–Crippen LogP) is 4.32. The molecule has 0 amide bonds. The SMILES string of the molecule is C=C(F)/C=C(/OCc1ccc(F)cn1)C(=C)C(C)C. The van der Waals surface area contributed by atoms with Gasteiger partial charge in [0.05, 0.1) is 11.9 Å². The molecular formula is C15H17F2NO. The van der Waals surface area contributed by atoms with E-state index in [-0.39, 0.29) is 12.5 Å². The van der Waals surface area contributed by atoms with E-state index in [4.69, 9.17) is 4.74 Å². The number of hydrogen-bond acceptors (Lipinski definition) is 2. The van der Waals surface area contributed by atoms with Gasteiger partial charge in [0.1, 0.15) is 24.0 Å². The summed E-state index contributed by atoms with van der Waals surface area (Å²) in [5, 5.41) is 0. The minimum Gasteiger partial charge on any atom is -0.487 e. The van der Waals surface area contributed by atoms with E-state index in [0.29, 0.717) is 17.0 Å². The lowest BCUT2D eigenvalue weighted by molar-refractivity contribution is 0.198. The topological polar surface area (TPSA) is 22.1 Å². The van der Waals surface area contributed by atoms with Gasteiger partial charge in [-0.1, -0.05) is 27.0 Å². The third-order valence-electron chi connectivity index (χ3n) is 2.47. The van der Waals surface area contributed by atoms with E-state index < -0.39 is 11.6 Å². The van der Waals surface area contributed by atoms with Crippen LogP contribution in [-0.2, 0) is 11.3 Å². The van der Waals surface area contributed by atoms with Gasteiger partial charge < -0.3 is 4.74 Å². The number of rotatable bonds is 6. The summed E-state index contributed by atoms with van der Waals surface area (Å²) in [5.74, 6) is -0.576. The second kappa shape index (κ2) is 6.83. The summed E-state index contributed by atoms with van der Waals surface area (Å²) in [4.78, 5) is 3.86. The van der Waals surface area contributed by atoms with Crippen LogP contribution in [0.25, 0.3) is 0 Å². The van der Waals surface area contributed by atoms with Crippen molar-refractivity contribution in [1.82, 2.24) is 4.98 Å². The predicted molar refractivity (Wildman–Crippen MR) is 71.3 cm³/mol. The molecule has 0 saturated heterocycles. The molecule has 0 aromatic carbocycles.